The fraction of sp³-hybridized carbons (Fsp3) is 0.425. The number of hydrogen-bond donors (Lipinski definition) is 1. The van der Waals surface area contributed by atoms with Crippen LogP contribution in [0.4, 0.5) is 33.6 Å². The maximum absolute atomic E-state index is 17.2. The van der Waals surface area contributed by atoms with Crippen LogP contribution in [0.5, 0.6) is 17.6 Å². The quantitative estimate of drug-likeness (QED) is 0.137. The van der Waals surface area contributed by atoms with E-state index in [1.807, 2.05) is 42.2 Å². The van der Waals surface area contributed by atoms with Crippen molar-refractivity contribution in [1.82, 2.24) is 29.8 Å². The number of benzene rings is 1. The molecule has 1 aromatic carbocycles. The highest BCUT2D eigenvalue weighted by Crippen LogP contribution is 2.48. The summed E-state index contributed by atoms with van der Waals surface area (Å²) in [7, 11) is 1.60. The van der Waals surface area contributed by atoms with Crippen molar-refractivity contribution in [2.75, 3.05) is 50.2 Å². The second-order valence-corrected chi connectivity index (χ2v) is 15.1. The van der Waals surface area contributed by atoms with Gasteiger partial charge in [-0.2, -0.15) is 23.1 Å². The number of methoxy groups -OCH3 is 1. The van der Waals surface area contributed by atoms with Crippen molar-refractivity contribution in [1.29, 1.82) is 0 Å². The summed E-state index contributed by atoms with van der Waals surface area (Å²) in [6.07, 6.45) is -2.48. The monoisotopic (exact) mass is 810 g/mol. The zero-order valence-corrected chi connectivity index (χ0v) is 32.4. The Morgan fingerprint density at radius 3 is 2.61 bits per heavy atom. The molecule has 3 atom stereocenters. The lowest BCUT2D eigenvalue weighted by molar-refractivity contribution is -0.137. The number of anilines is 2. The predicted molar refractivity (Wildman–Crippen MR) is 204 cm³/mol. The van der Waals surface area contributed by atoms with Gasteiger partial charge in [0.2, 0.25) is 5.88 Å². The number of alkyl halides is 4. The lowest BCUT2D eigenvalue weighted by Gasteiger charge is -2.32. The number of nitrogens with one attached hydrogen (secondary N) is 1. The highest BCUT2D eigenvalue weighted by Gasteiger charge is 2.49. The molecule has 0 bridgehead atoms. The van der Waals surface area contributed by atoms with Gasteiger partial charge in [-0.15, -0.1) is 0 Å². The Balaban J connectivity index is 1.26. The summed E-state index contributed by atoms with van der Waals surface area (Å²) in [4.78, 5) is 26.2. The average Bonchev–Trinajstić information content (AvgIpc) is 3.65. The van der Waals surface area contributed by atoms with Gasteiger partial charge in [0.1, 0.15) is 53.4 Å². The molecule has 2 fully saturated rings. The summed E-state index contributed by atoms with van der Waals surface area (Å²) in [5.74, 6) is 0.170. The molecule has 0 saturated carbocycles. The molecule has 3 aliphatic heterocycles. The van der Waals surface area contributed by atoms with Gasteiger partial charge in [0.15, 0.2) is 5.82 Å². The maximum Gasteiger partial charge on any atom is 0.418 e. The second kappa shape index (κ2) is 15.0. The number of hydrogen-bond acceptors (Lipinski definition) is 11. The summed E-state index contributed by atoms with van der Waals surface area (Å²) in [5, 5.41) is 3.05. The Morgan fingerprint density at radius 2 is 1.86 bits per heavy atom. The van der Waals surface area contributed by atoms with Crippen LogP contribution in [0.25, 0.3) is 22.2 Å². The van der Waals surface area contributed by atoms with Gasteiger partial charge in [0.25, 0.3) is 0 Å². The van der Waals surface area contributed by atoms with Crippen LogP contribution in [-0.2, 0) is 12.7 Å². The van der Waals surface area contributed by atoms with Crippen LogP contribution in [0.3, 0.4) is 0 Å². The van der Waals surface area contributed by atoms with Crippen molar-refractivity contribution in [2.45, 2.75) is 70.5 Å². The van der Waals surface area contributed by atoms with Crippen LogP contribution < -0.4 is 24.4 Å². The molecule has 300 valence electrons. The van der Waals surface area contributed by atoms with E-state index in [-0.39, 0.29) is 67.0 Å². The van der Waals surface area contributed by atoms with E-state index >= 15 is 4.39 Å². The Hall–Kier alpha value is -5.09. The fourth-order valence-corrected chi connectivity index (χ4v) is 8.64. The van der Waals surface area contributed by atoms with Crippen LogP contribution in [-0.4, -0.2) is 81.5 Å². The van der Waals surface area contributed by atoms with E-state index in [4.69, 9.17) is 30.8 Å². The molecule has 2 saturated heterocycles. The highest BCUT2D eigenvalue weighted by molar-refractivity contribution is 6.34. The summed E-state index contributed by atoms with van der Waals surface area (Å²) in [6.45, 7) is 6.25. The molecule has 4 aromatic heterocycles. The van der Waals surface area contributed by atoms with Gasteiger partial charge in [-0.05, 0) is 63.9 Å². The van der Waals surface area contributed by atoms with Crippen molar-refractivity contribution in [3.63, 3.8) is 0 Å². The lowest BCUT2D eigenvalue weighted by atomic mass is 9.95. The predicted octanol–water partition coefficient (Wildman–Crippen LogP) is 8.45. The molecule has 0 amide bonds. The number of nitrogens with zero attached hydrogens (tertiary/aromatic N) is 7. The topological polar surface area (TPSA) is 111 Å². The van der Waals surface area contributed by atoms with Gasteiger partial charge in [0.05, 0.1) is 47.2 Å². The minimum atomic E-state index is -4.95. The molecule has 8 rings (SSSR count). The van der Waals surface area contributed by atoms with E-state index in [1.165, 1.54) is 13.8 Å². The molecular formula is C40H40ClF5N8O3. The zero-order chi connectivity index (χ0) is 40.2. The van der Waals surface area contributed by atoms with Gasteiger partial charge in [-0.25, -0.2) is 18.7 Å². The van der Waals surface area contributed by atoms with E-state index in [1.54, 1.807) is 19.4 Å². The Labute approximate surface area is 330 Å². The number of pyridine rings is 3. The Bertz CT molecular complexity index is 2330. The van der Waals surface area contributed by atoms with Crippen molar-refractivity contribution < 1.29 is 36.2 Å². The Kier molecular flexibility index (Phi) is 10.2. The van der Waals surface area contributed by atoms with Crippen LogP contribution in [0.15, 0.2) is 42.6 Å². The smallest absolute Gasteiger partial charge is 0.418 e. The largest absolute Gasteiger partial charge is 0.497 e. The average molecular weight is 811 g/mol. The molecule has 7 heterocycles. The summed E-state index contributed by atoms with van der Waals surface area (Å²) in [5.41, 5.74) is -2.12. The number of aromatic nitrogens is 5. The summed E-state index contributed by atoms with van der Waals surface area (Å²) in [6, 6.07) is 10.6. The number of fused-ring (bicyclic) bond motifs is 1. The molecule has 57 heavy (non-hydrogen) atoms. The molecule has 11 nitrogen and oxygen atoms in total. The highest BCUT2D eigenvalue weighted by atomic mass is 35.5. The SMILES string of the molecule is COc1ccc(CNc2ncccc2[C@@H](C)N2CCOc3nc(-c4c(Cl)c(C)nc(C)c4C(F)(F)F)c(F)c4nc(OC[C@@]56CCCN5C[C@H](F)C6)nc2c34)cc1. The lowest BCUT2D eigenvalue weighted by Crippen LogP contribution is -2.43. The van der Waals surface area contributed by atoms with E-state index in [0.29, 0.717) is 18.8 Å². The third kappa shape index (κ3) is 7.11. The molecule has 17 heteroatoms. The number of aryl methyl sites for hydroxylation is 2. The normalized spacial score (nSPS) is 20.0. The Morgan fingerprint density at radius 1 is 1.07 bits per heavy atom. The van der Waals surface area contributed by atoms with E-state index in [2.05, 4.69) is 30.2 Å². The number of rotatable bonds is 10. The third-order valence-electron chi connectivity index (χ3n) is 11.2. The first kappa shape index (κ1) is 38.8. The van der Waals surface area contributed by atoms with Crippen LogP contribution in [0.2, 0.25) is 5.02 Å². The minimum absolute atomic E-state index is 0.00313. The summed E-state index contributed by atoms with van der Waals surface area (Å²) < 4.78 is 93.6. The molecule has 3 aliphatic rings. The van der Waals surface area contributed by atoms with Crippen molar-refractivity contribution >= 4 is 34.1 Å². The first-order chi connectivity index (χ1) is 27.3. The number of halogens is 6. The molecule has 0 radical (unpaired) electrons. The fourth-order valence-electron chi connectivity index (χ4n) is 8.41. The van der Waals surface area contributed by atoms with E-state index in [9.17, 15) is 17.6 Å². The number of ether oxygens (including phenoxy) is 3. The van der Waals surface area contributed by atoms with Crippen molar-refractivity contribution in [3.05, 3.63) is 81.5 Å². The molecule has 0 unspecified atom stereocenters. The van der Waals surface area contributed by atoms with Gasteiger partial charge in [-0.1, -0.05) is 29.8 Å². The van der Waals surface area contributed by atoms with Crippen LogP contribution in [0, 0.1) is 19.7 Å². The van der Waals surface area contributed by atoms with E-state index in [0.717, 1.165) is 29.8 Å². The molecule has 5 aromatic rings. The second-order valence-electron chi connectivity index (χ2n) is 14.7. The van der Waals surface area contributed by atoms with Crippen molar-refractivity contribution in [2.24, 2.45) is 0 Å². The first-order valence-electron chi connectivity index (χ1n) is 18.7. The molecule has 0 spiro atoms. The third-order valence-corrected chi connectivity index (χ3v) is 11.6. The first-order valence-corrected chi connectivity index (χ1v) is 19.0. The van der Waals surface area contributed by atoms with Crippen LogP contribution in [0.1, 0.15) is 60.3 Å². The van der Waals surface area contributed by atoms with E-state index < -0.39 is 57.3 Å². The van der Waals surface area contributed by atoms with Crippen molar-refractivity contribution in [3.8, 4) is 28.9 Å². The molecule has 0 aliphatic carbocycles. The molecular weight excluding hydrogens is 771 g/mol. The maximum atomic E-state index is 17.2. The zero-order valence-electron chi connectivity index (χ0n) is 31.7. The van der Waals surface area contributed by atoms with Gasteiger partial charge in [-0.3, -0.25) is 9.88 Å². The van der Waals surface area contributed by atoms with Crippen LogP contribution >= 0.6 is 11.6 Å². The van der Waals surface area contributed by atoms with Gasteiger partial charge in [0, 0.05) is 36.8 Å². The molecule has 1 N–H and O–H groups in total. The standard InChI is InChI=1S/C40H40ClF5N8O3/c1-21-30(40(44,45)46)28(31(41)22(2)49-21)33-32(43)34-29-36(52-38(51-34)57-20-39-12-6-14-53(39)19-25(42)17-39)54(15-16-56-37(29)50-33)23(3)27-7-5-13-47-35(27)48-18-24-8-10-26(55-4)11-9-24/h5,7-11,13,23,25H,6,12,14-20H2,1-4H3,(H,47,48)/t23-,25-,39+/m1/s1. The summed E-state index contributed by atoms with van der Waals surface area (Å²) >= 11 is 6.52. The minimum Gasteiger partial charge on any atom is -0.497 e. The van der Waals surface area contributed by atoms with Gasteiger partial charge < -0.3 is 24.4 Å². The van der Waals surface area contributed by atoms with Gasteiger partial charge >= 0.3 is 12.2 Å².